The standard InChI is InChI=1S/C20H23N7O2S/c1-2-29-17(15-6-4-3-5-7-15)18(28)23-20-26-24-16(30-20)12-14-8-11-27(13-14)19-21-9-10-22-25-19/h3-7,9-10,14,17H,2,8,11-13H2,1H3,(H,23,26,28)/t14-,17+/m0/s1. The fourth-order valence-corrected chi connectivity index (χ4v) is 4.35. The van der Waals surface area contributed by atoms with Gasteiger partial charge in [0.25, 0.3) is 5.91 Å². The predicted octanol–water partition coefficient (Wildman–Crippen LogP) is 2.51. The summed E-state index contributed by atoms with van der Waals surface area (Å²) in [5.74, 6) is 0.852. The second-order valence-electron chi connectivity index (χ2n) is 6.98. The highest BCUT2D eigenvalue weighted by atomic mass is 32.1. The van der Waals surface area contributed by atoms with Crippen LogP contribution in [-0.4, -0.2) is 51.0 Å². The van der Waals surface area contributed by atoms with Gasteiger partial charge in [0, 0.05) is 26.1 Å². The summed E-state index contributed by atoms with van der Waals surface area (Å²) in [6, 6.07) is 9.44. The Balaban J connectivity index is 1.34. The van der Waals surface area contributed by atoms with Crippen LogP contribution in [0.3, 0.4) is 0 Å². The number of benzene rings is 1. The third-order valence-corrected chi connectivity index (χ3v) is 5.73. The van der Waals surface area contributed by atoms with E-state index in [4.69, 9.17) is 4.74 Å². The van der Waals surface area contributed by atoms with Crippen molar-refractivity contribution in [2.75, 3.05) is 29.9 Å². The maximum Gasteiger partial charge on any atom is 0.259 e. The lowest BCUT2D eigenvalue weighted by molar-refractivity contribution is -0.127. The van der Waals surface area contributed by atoms with Gasteiger partial charge in [0.05, 0.1) is 12.4 Å². The first-order valence-electron chi connectivity index (χ1n) is 9.91. The van der Waals surface area contributed by atoms with Crippen LogP contribution in [0.2, 0.25) is 0 Å². The Morgan fingerprint density at radius 3 is 2.90 bits per heavy atom. The second kappa shape index (κ2) is 9.68. The van der Waals surface area contributed by atoms with Gasteiger partial charge in [-0.05, 0) is 24.8 Å². The number of nitrogens with zero attached hydrogens (tertiary/aromatic N) is 6. The Hall–Kier alpha value is -2.98. The number of anilines is 2. The molecule has 1 aliphatic rings. The molecule has 10 heteroatoms. The number of amides is 1. The van der Waals surface area contributed by atoms with Crippen molar-refractivity contribution in [2.45, 2.75) is 25.9 Å². The zero-order valence-corrected chi connectivity index (χ0v) is 17.5. The molecule has 2 atom stereocenters. The minimum atomic E-state index is -0.675. The van der Waals surface area contributed by atoms with E-state index >= 15 is 0 Å². The van der Waals surface area contributed by atoms with E-state index in [0.29, 0.717) is 23.6 Å². The first kappa shape index (κ1) is 20.3. The van der Waals surface area contributed by atoms with Crippen LogP contribution in [0.5, 0.6) is 0 Å². The number of carbonyl (C=O) groups is 1. The highest BCUT2D eigenvalue weighted by Gasteiger charge is 2.26. The number of nitrogens with one attached hydrogen (secondary N) is 1. The summed E-state index contributed by atoms with van der Waals surface area (Å²) in [5.41, 5.74) is 0.810. The smallest absolute Gasteiger partial charge is 0.259 e. The Kier molecular flexibility index (Phi) is 6.55. The third-order valence-electron chi connectivity index (χ3n) is 4.87. The molecule has 2 aromatic heterocycles. The number of rotatable bonds is 8. The van der Waals surface area contributed by atoms with E-state index in [0.717, 1.165) is 36.5 Å². The van der Waals surface area contributed by atoms with Gasteiger partial charge in [0.2, 0.25) is 11.1 Å². The van der Waals surface area contributed by atoms with Crippen molar-refractivity contribution < 1.29 is 9.53 Å². The van der Waals surface area contributed by atoms with Gasteiger partial charge in [-0.2, -0.15) is 5.10 Å². The maximum absolute atomic E-state index is 12.7. The number of hydrogen-bond acceptors (Lipinski definition) is 9. The molecule has 0 radical (unpaired) electrons. The molecule has 0 saturated carbocycles. The zero-order valence-electron chi connectivity index (χ0n) is 16.6. The summed E-state index contributed by atoms with van der Waals surface area (Å²) in [7, 11) is 0. The average Bonchev–Trinajstić information content (AvgIpc) is 3.43. The van der Waals surface area contributed by atoms with Crippen LogP contribution in [0.25, 0.3) is 0 Å². The van der Waals surface area contributed by atoms with E-state index in [-0.39, 0.29) is 5.91 Å². The van der Waals surface area contributed by atoms with E-state index in [1.54, 1.807) is 12.4 Å². The Labute approximate surface area is 178 Å². The summed E-state index contributed by atoms with van der Waals surface area (Å²) >= 11 is 1.40. The normalized spacial score (nSPS) is 17.1. The minimum Gasteiger partial charge on any atom is -0.364 e. The van der Waals surface area contributed by atoms with Crippen molar-refractivity contribution in [3.63, 3.8) is 0 Å². The van der Waals surface area contributed by atoms with Crippen LogP contribution >= 0.6 is 11.3 Å². The molecule has 0 bridgehead atoms. The van der Waals surface area contributed by atoms with Crippen LogP contribution < -0.4 is 10.2 Å². The summed E-state index contributed by atoms with van der Waals surface area (Å²) in [5, 5.41) is 20.6. The first-order chi connectivity index (χ1) is 14.7. The fourth-order valence-electron chi connectivity index (χ4n) is 3.49. The van der Waals surface area contributed by atoms with E-state index in [2.05, 4.69) is 35.6 Å². The van der Waals surface area contributed by atoms with Crippen molar-refractivity contribution in [3.05, 3.63) is 53.3 Å². The van der Waals surface area contributed by atoms with Gasteiger partial charge in [-0.15, -0.1) is 15.3 Å². The molecule has 30 heavy (non-hydrogen) atoms. The van der Waals surface area contributed by atoms with E-state index in [1.807, 2.05) is 37.3 Å². The largest absolute Gasteiger partial charge is 0.364 e. The molecule has 0 aliphatic carbocycles. The molecule has 0 spiro atoms. The average molecular weight is 426 g/mol. The molecule has 1 N–H and O–H groups in total. The molecule has 3 heterocycles. The Morgan fingerprint density at radius 2 is 2.13 bits per heavy atom. The fraction of sp³-hybridized carbons (Fsp3) is 0.400. The maximum atomic E-state index is 12.7. The summed E-state index contributed by atoms with van der Waals surface area (Å²) < 4.78 is 5.65. The van der Waals surface area contributed by atoms with Gasteiger partial charge in [-0.3, -0.25) is 10.1 Å². The van der Waals surface area contributed by atoms with Crippen molar-refractivity contribution in [3.8, 4) is 0 Å². The highest BCUT2D eigenvalue weighted by Crippen LogP contribution is 2.27. The van der Waals surface area contributed by atoms with Crippen LogP contribution in [0.4, 0.5) is 11.1 Å². The number of carbonyl (C=O) groups excluding carboxylic acids is 1. The zero-order chi connectivity index (χ0) is 20.8. The summed E-state index contributed by atoms with van der Waals surface area (Å²) in [6.07, 6.45) is 4.38. The molecule has 156 valence electrons. The lowest BCUT2D eigenvalue weighted by atomic mass is 10.1. The van der Waals surface area contributed by atoms with E-state index in [9.17, 15) is 4.79 Å². The van der Waals surface area contributed by atoms with Gasteiger partial charge >= 0.3 is 0 Å². The predicted molar refractivity (Wildman–Crippen MR) is 113 cm³/mol. The molecule has 1 aromatic carbocycles. The summed E-state index contributed by atoms with van der Waals surface area (Å²) in [6.45, 7) is 4.06. The molecule has 9 nitrogen and oxygen atoms in total. The molecule has 1 aliphatic heterocycles. The highest BCUT2D eigenvalue weighted by molar-refractivity contribution is 7.15. The third kappa shape index (κ3) is 4.95. The lowest BCUT2D eigenvalue weighted by Crippen LogP contribution is -2.23. The van der Waals surface area contributed by atoms with Crippen LogP contribution in [0.15, 0.2) is 42.7 Å². The van der Waals surface area contributed by atoms with Crippen molar-refractivity contribution in [1.29, 1.82) is 0 Å². The molecule has 0 unspecified atom stereocenters. The van der Waals surface area contributed by atoms with Crippen LogP contribution in [-0.2, 0) is 16.0 Å². The Morgan fingerprint density at radius 1 is 1.27 bits per heavy atom. The topological polar surface area (TPSA) is 106 Å². The van der Waals surface area contributed by atoms with Crippen molar-refractivity contribution in [2.24, 2.45) is 5.92 Å². The van der Waals surface area contributed by atoms with Gasteiger partial charge in [0.15, 0.2) is 6.10 Å². The molecule has 1 saturated heterocycles. The number of hydrogen-bond donors (Lipinski definition) is 1. The van der Waals surface area contributed by atoms with Crippen LogP contribution in [0, 0.1) is 5.92 Å². The first-order valence-corrected chi connectivity index (χ1v) is 10.7. The number of aromatic nitrogens is 5. The minimum absolute atomic E-state index is 0.244. The van der Waals surface area contributed by atoms with E-state index in [1.165, 1.54) is 11.3 Å². The van der Waals surface area contributed by atoms with Crippen LogP contribution in [0.1, 0.15) is 30.0 Å². The van der Waals surface area contributed by atoms with Gasteiger partial charge in [0.1, 0.15) is 5.01 Å². The molecular formula is C20H23N7O2S. The van der Waals surface area contributed by atoms with Gasteiger partial charge < -0.3 is 9.64 Å². The van der Waals surface area contributed by atoms with Gasteiger partial charge in [-0.25, -0.2) is 4.98 Å². The van der Waals surface area contributed by atoms with Gasteiger partial charge in [-0.1, -0.05) is 41.7 Å². The van der Waals surface area contributed by atoms with Crippen molar-refractivity contribution >= 4 is 28.3 Å². The molecule has 3 aromatic rings. The quantitative estimate of drug-likeness (QED) is 0.587. The molecule has 1 fully saturated rings. The lowest BCUT2D eigenvalue weighted by Gasteiger charge is -2.16. The molecule has 4 rings (SSSR count). The monoisotopic (exact) mass is 425 g/mol. The second-order valence-corrected chi connectivity index (χ2v) is 8.05. The molecular weight excluding hydrogens is 402 g/mol. The Bertz CT molecular complexity index is 954. The number of ether oxygens (including phenoxy) is 1. The molecule has 1 amide bonds. The van der Waals surface area contributed by atoms with E-state index < -0.39 is 6.10 Å². The van der Waals surface area contributed by atoms with Crippen molar-refractivity contribution in [1.82, 2.24) is 25.4 Å². The SMILES string of the molecule is CCO[C@@H](C(=O)Nc1nnc(C[C@@H]2CCN(c3nccnn3)C2)s1)c1ccccc1. The summed E-state index contributed by atoms with van der Waals surface area (Å²) in [4.78, 5) is 19.1.